The van der Waals surface area contributed by atoms with Crippen LogP contribution in [0.2, 0.25) is 0 Å². The summed E-state index contributed by atoms with van der Waals surface area (Å²) in [5.74, 6) is 1.47. The molecule has 116 valence electrons. The second kappa shape index (κ2) is 5.08. The average Bonchev–Trinajstić information content (AvgIpc) is 3.14. The maximum atomic E-state index is 12.1. The average molecular weight is 308 g/mol. The molecule has 1 aliphatic heterocycles. The molecular weight excluding hydrogens is 292 g/mol. The van der Waals surface area contributed by atoms with E-state index in [-0.39, 0.29) is 5.91 Å². The highest BCUT2D eigenvalue weighted by molar-refractivity contribution is 5.97. The summed E-state index contributed by atoms with van der Waals surface area (Å²) in [5.41, 5.74) is 4.39. The van der Waals surface area contributed by atoms with Gasteiger partial charge in [0.2, 0.25) is 0 Å². The number of nitrogens with zero attached hydrogens (tertiary/aromatic N) is 3. The molecular formula is C17H16N4O2. The van der Waals surface area contributed by atoms with E-state index in [1.165, 1.54) is 0 Å². The van der Waals surface area contributed by atoms with Crippen molar-refractivity contribution in [2.24, 2.45) is 0 Å². The third kappa shape index (κ3) is 2.14. The Kier molecular flexibility index (Phi) is 3.04. The van der Waals surface area contributed by atoms with Crippen molar-refractivity contribution >= 4 is 5.91 Å². The number of carbonyl (C=O) groups excluding carboxylic acids is 1. The number of rotatable bonds is 2. The molecule has 0 saturated heterocycles. The zero-order chi connectivity index (χ0) is 16.0. The van der Waals surface area contributed by atoms with E-state index in [1.807, 2.05) is 42.8 Å². The molecule has 6 heteroatoms. The molecule has 0 spiro atoms. The normalized spacial score (nSPS) is 13.7. The summed E-state index contributed by atoms with van der Waals surface area (Å²) >= 11 is 0. The molecule has 0 aliphatic carbocycles. The van der Waals surface area contributed by atoms with Crippen LogP contribution in [0.4, 0.5) is 0 Å². The molecule has 1 aliphatic rings. The lowest BCUT2D eigenvalue weighted by Gasteiger charge is -2.18. The highest BCUT2D eigenvalue weighted by Crippen LogP contribution is 2.28. The molecule has 2 aromatic heterocycles. The first-order valence-corrected chi connectivity index (χ1v) is 7.53. The van der Waals surface area contributed by atoms with Crippen LogP contribution >= 0.6 is 0 Å². The smallest absolute Gasteiger partial charge is 0.251 e. The van der Waals surface area contributed by atoms with Crippen molar-refractivity contribution in [1.82, 2.24) is 20.0 Å². The fraction of sp³-hybridized carbons (Fsp3) is 0.235. The fourth-order valence-corrected chi connectivity index (χ4v) is 3.05. The summed E-state index contributed by atoms with van der Waals surface area (Å²) in [7, 11) is 0. The number of fused-ring (bicyclic) bond motifs is 1. The van der Waals surface area contributed by atoms with E-state index in [0.29, 0.717) is 6.54 Å². The first-order valence-electron chi connectivity index (χ1n) is 7.53. The number of benzene rings is 1. The molecule has 4 rings (SSSR count). The van der Waals surface area contributed by atoms with Crippen LogP contribution in [0.3, 0.4) is 0 Å². The monoisotopic (exact) mass is 308 g/mol. The van der Waals surface area contributed by atoms with Crippen LogP contribution in [0.1, 0.15) is 27.4 Å². The van der Waals surface area contributed by atoms with E-state index in [0.717, 1.165) is 46.1 Å². The first-order chi connectivity index (χ1) is 11.1. The number of hydrogen-bond donors (Lipinski definition) is 1. The number of hydrogen-bond acceptors (Lipinski definition) is 4. The van der Waals surface area contributed by atoms with Gasteiger partial charge in [-0.05, 0) is 38.0 Å². The Hall–Kier alpha value is -2.89. The van der Waals surface area contributed by atoms with Gasteiger partial charge in [0.05, 0.1) is 11.3 Å². The van der Waals surface area contributed by atoms with Gasteiger partial charge in [-0.2, -0.15) is 0 Å². The van der Waals surface area contributed by atoms with E-state index in [2.05, 4.69) is 15.5 Å². The predicted molar refractivity (Wildman–Crippen MR) is 84.6 cm³/mol. The molecule has 1 aromatic carbocycles. The van der Waals surface area contributed by atoms with Crippen LogP contribution in [0.15, 0.2) is 35.1 Å². The Morgan fingerprint density at radius 3 is 2.96 bits per heavy atom. The highest BCUT2D eigenvalue weighted by atomic mass is 16.5. The minimum Gasteiger partial charge on any atom is -0.361 e. The van der Waals surface area contributed by atoms with Crippen molar-refractivity contribution in [1.29, 1.82) is 0 Å². The van der Waals surface area contributed by atoms with Crippen LogP contribution in [0.5, 0.6) is 0 Å². The number of carbonyl (C=O) groups is 1. The molecule has 0 radical (unpaired) electrons. The SMILES string of the molecule is Cc1noc(C)c1-c1nccn1-c1ccc2c(c1)C(=O)NCC2. The number of amides is 1. The van der Waals surface area contributed by atoms with Gasteiger partial charge in [-0.1, -0.05) is 11.2 Å². The number of imidazole rings is 1. The molecule has 0 bridgehead atoms. The van der Waals surface area contributed by atoms with Crippen LogP contribution in [0.25, 0.3) is 17.1 Å². The van der Waals surface area contributed by atoms with Gasteiger partial charge in [0.15, 0.2) is 0 Å². The van der Waals surface area contributed by atoms with Crippen molar-refractivity contribution in [3.8, 4) is 17.1 Å². The molecule has 3 heterocycles. The quantitative estimate of drug-likeness (QED) is 0.789. The van der Waals surface area contributed by atoms with Crippen molar-refractivity contribution < 1.29 is 9.32 Å². The number of aryl methyl sites for hydroxylation is 2. The van der Waals surface area contributed by atoms with Crippen molar-refractivity contribution in [2.75, 3.05) is 6.54 Å². The minimum absolute atomic E-state index is 0.0212. The van der Waals surface area contributed by atoms with Crippen molar-refractivity contribution in [3.63, 3.8) is 0 Å². The van der Waals surface area contributed by atoms with Gasteiger partial charge in [-0.25, -0.2) is 4.98 Å². The molecule has 0 fully saturated rings. The van der Waals surface area contributed by atoms with E-state index >= 15 is 0 Å². The summed E-state index contributed by atoms with van der Waals surface area (Å²) in [6, 6.07) is 5.94. The van der Waals surface area contributed by atoms with Crippen LogP contribution < -0.4 is 5.32 Å². The van der Waals surface area contributed by atoms with Gasteiger partial charge in [-0.3, -0.25) is 9.36 Å². The summed E-state index contributed by atoms with van der Waals surface area (Å²) in [6.45, 7) is 4.46. The number of aromatic nitrogens is 3. The Bertz CT molecular complexity index is 888. The molecule has 0 saturated carbocycles. The van der Waals surface area contributed by atoms with Crippen LogP contribution in [-0.2, 0) is 6.42 Å². The fourth-order valence-electron chi connectivity index (χ4n) is 3.05. The molecule has 1 N–H and O–H groups in total. The second-order valence-corrected chi connectivity index (χ2v) is 5.67. The molecule has 6 nitrogen and oxygen atoms in total. The lowest BCUT2D eigenvalue weighted by atomic mass is 9.99. The molecule has 23 heavy (non-hydrogen) atoms. The van der Waals surface area contributed by atoms with Gasteiger partial charge >= 0.3 is 0 Å². The van der Waals surface area contributed by atoms with Crippen LogP contribution in [-0.4, -0.2) is 27.2 Å². The Morgan fingerprint density at radius 1 is 1.30 bits per heavy atom. The first kappa shape index (κ1) is 13.8. The lowest BCUT2D eigenvalue weighted by Crippen LogP contribution is -2.31. The van der Waals surface area contributed by atoms with Gasteiger partial charge in [-0.15, -0.1) is 0 Å². The summed E-state index contributed by atoms with van der Waals surface area (Å²) in [6.07, 6.45) is 4.48. The predicted octanol–water partition coefficient (Wildman–Crippen LogP) is 2.43. The zero-order valence-electron chi connectivity index (χ0n) is 13.0. The summed E-state index contributed by atoms with van der Waals surface area (Å²) < 4.78 is 7.20. The maximum absolute atomic E-state index is 12.1. The maximum Gasteiger partial charge on any atom is 0.251 e. The Labute approximate surface area is 133 Å². The van der Waals surface area contributed by atoms with Crippen molar-refractivity contribution in [2.45, 2.75) is 20.3 Å². The van der Waals surface area contributed by atoms with E-state index in [4.69, 9.17) is 4.52 Å². The zero-order valence-corrected chi connectivity index (χ0v) is 13.0. The Balaban J connectivity index is 1.86. The second-order valence-electron chi connectivity index (χ2n) is 5.67. The topological polar surface area (TPSA) is 73.0 Å². The van der Waals surface area contributed by atoms with Crippen molar-refractivity contribution in [3.05, 3.63) is 53.2 Å². The molecule has 3 aromatic rings. The largest absolute Gasteiger partial charge is 0.361 e. The summed E-state index contributed by atoms with van der Waals surface area (Å²) in [5, 5.41) is 6.88. The third-order valence-corrected chi connectivity index (χ3v) is 4.19. The van der Waals surface area contributed by atoms with E-state index in [9.17, 15) is 4.79 Å². The highest BCUT2D eigenvalue weighted by Gasteiger charge is 2.20. The van der Waals surface area contributed by atoms with Gasteiger partial charge in [0, 0.05) is 30.2 Å². The molecule has 1 amide bonds. The molecule has 0 unspecified atom stereocenters. The number of nitrogens with one attached hydrogen (secondary N) is 1. The summed E-state index contributed by atoms with van der Waals surface area (Å²) in [4.78, 5) is 16.5. The van der Waals surface area contributed by atoms with Gasteiger partial charge < -0.3 is 9.84 Å². The lowest BCUT2D eigenvalue weighted by molar-refractivity contribution is 0.0946. The van der Waals surface area contributed by atoms with E-state index < -0.39 is 0 Å². The van der Waals surface area contributed by atoms with E-state index in [1.54, 1.807) is 6.20 Å². The molecule has 0 atom stereocenters. The Morgan fingerprint density at radius 2 is 2.17 bits per heavy atom. The van der Waals surface area contributed by atoms with Gasteiger partial charge in [0.1, 0.15) is 11.6 Å². The third-order valence-electron chi connectivity index (χ3n) is 4.19. The minimum atomic E-state index is -0.0212. The van der Waals surface area contributed by atoms with Crippen LogP contribution in [0, 0.1) is 13.8 Å². The van der Waals surface area contributed by atoms with Gasteiger partial charge in [0.25, 0.3) is 5.91 Å². The standard InChI is InChI=1S/C17H16N4O2/c1-10-15(11(2)23-20-10)16-18-7-8-21(16)13-4-3-12-5-6-19-17(22)14(12)9-13/h3-4,7-9H,5-6H2,1-2H3,(H,19,22).